The molecule has 3 aliphatic heterocycles. The Morgan fingerprint density at radius 1 is 1.24 bits per heavy atom. The molecule has 1 aromatic heterocycles. The highest BCUT2D eigenvalue weighted by molar-refractivity contribution is 9.10. The zero-order valence-corrected chi connectivity index (χ0v) is 22.1. The Bertz CT molecular complexity index is 1200. The number of amides is 1. The Morgan fingerprint density at radius 3 is 2.79 bits per heavy atom. The predicted octanol–water partition coefficient (Wildman–Crippen LogP) is 2.08. The monoisotopic (exact) mass is 585 g/mol. The summed E-state index contributed by atoms with van der Waals surface area (Å²) in [4.78, 5) is 17.7. The van der Waals surface area contributed by atoms with Crippen molar-refractivity contribution < 1.29 is 31.4 Å². The van der Waals surface area contributed by atoms with Crippen LogP contribution < -0.4 is 22.3 Å². The van der Waals surface area contributed by atoms with Gasteiger partial charge in [0.05, 0.1) is 24.3 Å². The van der Waals surface area contributed by atoms with Crippen LogP contribution in [-0.2, 0) is 4.79 Å². The molecule has 4 heterocycles. The first-order chi connectivity index (χ1) is 16.0. The van der Waals surface area contributed by atoms with E-state index in [1.807, 2.05) is 60.7 Å². The first-order valence-electron chi connectivity index (χ1n) is 11.6. The zero-order chi connectivity index (χ0) is 23.0. The molecule has 5 nitrogen and oxygen atoms in total. The SMILES string of the molecule is C=C[C@H]1C[N@+]2(CC(=O)Nc3ccccc3Br)CC[C@H]1C[C@@H]2[C@@H](O)c1ccnc2ccccc12.[Br-]. The van der Waals surface area contributed by atoms with E-state index in [-0.39, 0.29) is 28.9 Å². The van der Waals surface area contributed by atoms with Crippen molar-refractivity contribution in [2.24, 2.45) is 11.8 Å². The molecule has 6 rings (SSSR count). The average Bonchev–Trinajstić information content (AvgIpc) is 2.84. The molecule has 2 N–H and O–H groups in total. The number of aliphatic hydroxyl groups is 1. The number of fused-ring (bicyclic) bond motifs is 4. The van der Waals surface area contributed by atoms with E-state index in [9.17, 15) is 9.90 Å². The third kappa shape index (κ3) is 4.59. The van der Waals surface area contributed by atoms with E-state index in [0.29, 0.717) is 22.9 Å². The molecule has 7 heteroatoms. The number of piperidine rings is 3. The van der Waals surface area contributed by atoms with Crippen LogP contribution in [0, 0.1) is 11.8 Å². The number of halogens is 2. The highest BCUT2D eigenvalue weighted by Gasteiger charge is 2.54. The lowest BCUT2D eigenvalue weighted by Gasteiger charge is -2.57. The first-order valence-corrected chi connectivity index (χ1v) is 12.3. The molecule has 1 amide bonds. The standard InChI is InChI=1S/C27H28BrN3O2.BrH/c1-2-18-16-31(17-26(32)30-24-10-6-4-8-22(24)28)14-12-19(18)15-25(31)27(33)21-11-13-29-23-9-5-3-7-20(21)23;/h2-11,13,18-19,25,27,33H,1,12,14-17H2;1H/t18-,19-,25+,27-,31-;/m0./s1. The zero-order valence-electron chi connectivity index (χ0n) is 18.9. The van der Waals surface area contributed by atoms with Crippen molar-refractivity contribution >= 4 is 38.4 Å². The minimum atomic E-state index is -0.664. The molecule has 3 aliphatic rings. The number of nitrogens with zero attached hydrogens (tertiary/aromatic N) is 2. The van der Waals surface area contributed by atoms with Crippen LogP contribution in [0.25, 0.3) is 10.9 Å². The lowest BCUT2D eigenvalue weighted by Crippen LogP contribution is -3.00. The topological polar surface area (TPSA) is 62.2 Å². The van der Waals surface area contributed by atoms with Crippen molar-refractivity contribution in [3.63, 3.8) is 0 Å². The van der Waals surface area contributed by atoms with Gasteiger partial charge >= 0.3 is 0 Å². The van der Waals surface area contributed by atoms with Gasteiger partial charge in [0.25, 0.3) is 5.91 Å². The molecule has 3 saturated heterocycles. The largest absolute Gasteiger partial charge is 1.00 e. The van der Waals surface area contributed by atoms with Gasteiger partial charge < -0.3 is 31.9 Å². The molecular formula is C27H29Br2N3O2. The maximum absolute atomic E-state index is 13.3. The quantitative estimate of drug-likeness (QED) is 0.343. The van der Waals surface area contributed by atoms with E-state index in [1.165, 1.54) is 0 Å². The van der Waals surface area contributed by atoms with Gasteiger partial charge in [-0.2, -0.15) is 0 Å². The Hall–Kier alpha value is -2.06. The summed E-state index contributed by atoms with van der Waals surface area (Å²) in [5, 5.41) is 15.8. The number of benzene rings is 2. The average molecular weight is 587 g/mol. The summed E-state index contributed by atoms with van der Waals surface area (Å²) in [6.07, 6.45) is 5.10. The summed E-state index contributed by atoms with van der Waals surface area (Å²) in [6, 6.07) is 17.5. The van der Waals surface area contributed by atoms with Gasteiger partial charge in [-0.15, -0.1) is 6.58 Å². The second-order valence-electron chi connectivity index (χ2n) is 9.42. The molecule has 5 atom stereocenters. The van der Waals surface area contributed by atoms with Gasteiger partial charge in [-0.3, -0.25) is 9.78 Å². The van der Waals surface area contributed by atoms with Gasteiger partial charge in [-0.1, -0.05) is 36.4 Å². The van der Waals surface area contributed by atoms with Crippen molar-refractivity contribution in [2.75, 3.05) is 25.0 Å². The summed E-state index contributed by atoms with van der Waals surface area (Å²) in [6.45, 7) is 6.14. The van der Waals surface area contributed by atoms with Crippen LogP contribution in [0.3, 0.4) is 0 Å². The maximum atomic E-state index is 13.3. The number of hydrogen-bond donors (Lipinski definition) is 2. The maximum Gasteiger partial charge on any atom is 0.279 e. The normalized spacial score (nSPS) is 26.5. The van der Waals surface area contributed by atoms with Crippen LogP contribution in [0.15, 0.2) is 77.9 Å². The number of aliphatic hydroxyl groups excluding tert-OH is 1. The molecule has 0 aliphatic carbocycles. The Kier molecular flexibility index (Phi) is 7.57. The van der Waals surface area contributed by atoms with Crippen molar-refractivity contribution in [3.8, 4) is 0 Å². The van der Waals surface area contributed by atoms with Gasteiger partial charge in [0.1, 0.15) is 12.1 Å². The van der Waals surface area contributed by atoms with Crippen molar-refractivity contribution in [3.05, 3.63) is 83.5 Å². The van der Waals surface area contributed by atoms with Gasteiger partial charge in [0, 0.05) is 34.8 Å². The van der Waals surface area contributed by atoms with Gasteiger partial charge in [-0.05, 0) is 51.7 Å². The molecule has 3 aromatic rings. The predicted molar refractivity (Wildman–Crippen MR) is 135 cm³/mol. The van der Waals surface area contributed by atoms with E-state index in [2.05, 4.69) is 32.8 Å². The number of carbonyl (C=O) groups excluding carboxylic acids is 1. The second kappa shape index (κ2) is 10.3. The van der Waals surface area contributed by atoms with Crippen LogP contribution in [0.5, 0.6) is 0 Å². The third-order valence-corrected chi connectivity index (χ3v) is 8.34. The fraction of sp³-hybridized carbons (Fsp3) is 0.333. The van der Waals surface area contributed by atoms with E-state index in [0.717, 1.165) is 52.6 Å². The number of quaternary nitrogens is 1. The number of anilines is 1. The first kappa shape index (κ1) is 25.0. The van der Waals surface area contributed by atoms with E-state index >= 15 is 0 Å². The lowest BCUT2D eigenvalue weighted by molar-refractivity contribution is -0.966. The molecule has 0 unspecified atom stereocenters. The molecule has 0 saturated carbocycles. The van der Waals surface area contributed by atoms with Crippen LogP contribution in [0.4, 0.5) is 5.69 Å². The summed E-state index contributed by atoms with van der Waals surface area (Å²) in [7, 11) is 0. The minimum Gasteiger partial charge on any atom is -1.00 e. The Balaban J connectivity index is 0.00000274. The Morgan fingerprint density at radius 2 is 2.00 bits per heavy atom. The van der Waals surface area contributed by atoms with Crippen LogP contribution in [0.1, 0.15) is 24.5 Å². The fourth-order valence-corrected chi connectivity index (χ4v) is 6.39. The van der Waals surface area contributed by atoms with Crippen molar-refractivity contribution in [1.29, 1.82) is 0 Å². The Labute approximate surface area is 219 Å². The number of para-hydroxylation sites is 2. The number of hydrogen-bond acceptors (Lipinski definition) is 3. The number of carbonyl (C=O) groups is 1. The summed E-state index contributed by atoms with van der Waals surface area (Å²) in [5.74, 6) is 0.844. The molecule has 2 bridgehead atoms. The van der Waals surface area contributed by atoms with E-state index in [4.69, 9.17) is 0 Å². The second-order valence-corrected chi connectivity index (χ2v) is 10.3. The lowest BCUT2D eigenvalue weighted by atomic mass is 9.71. The van der Waals surface area contributed by atoms with Gasteiger partial charge in [0.15, 0.2) is 6.54 Å². The van der Waals surface area contributed by atoms with E-state index < -0.39 is 6.10 Å². The van der Waals surface area contributed by atoms with Crippen LogP contribution in [0.2, 0.25) is 0 Å². The molecule has 0 radical (unpaired) electrons. The fourth-order valence-electron chi connectivity index (χ4n) is 6.00. The summed E-state index contributed by atoms with van der Waals surface area (Å²) in [5.41, 5.74) is 2.55. The number of aromatic nitrogens is 1. The van der Waals surface area contributed by atoms with Gasteiger partial charge in [-0.25, -0.2) is 0 Å². The molecule has 178 valence electrons. The summed E-state index contributed by atoms with van der Waals surface area (Å²) >= 11 is 3.52. The highest BCUT2D eigenvalue weighted by atomic mass is 79.9. The highest BCUT2D eigenvalue weighted by Crippen LogP contribution is 2.47. The van der Waals surface area contributed by atoms with E-state index in [1.54, 1.807) is 6.20 Å². The minimum absolute atomic E-state index is 0. The number of nitrogens with one attached hydrogen (secondary N) is 1. The molecule has 0 spiro atoms. The number of pyridine rings is 1. The molecule has 3 fully saturated rings. The van der Waals surface area contributed by atoms with Crippen LogP contribution >= 0.6 is 15.9 Å². The van der Waals surface area contributed by atoms with Gasteiger partial charge in [0.2, 0.25) is 0 Å². The van der Waals surface area contributed by atoms with Crippen LogP contribution in [-0.4, -0.2) is 46.2 Å². The number of rotatable bonds is 6. The smallest absolute Gasteiger partial charge is 0.279 e. The third-order valence-electron chi connectivity index (χ3n) is 7.65. The molecule has 2 aromatic carbocycles. The van der Waals surface area contributed by atoms with Crippen molar-refractivity contribution in [2.45, 2.75) is 25.0 Å². The summed E-state index contributed by atoms with van der Waals surface area (Å²) < 4.78 is 1.45. The molecule has 34 heavy (non-hydrogen) atoms. The van der Waals surface area contributed by atoms with Crippen molar-refractivity contribution in [1.82, 2.24) is 4.98 Å². The molecular weight excluding hydrogens is 558 g/mol.